The van der Waals surface area contributed by atoms with Gasteiger partial charge in [0, 0.05) is 6.42 Å². The van der Waals surface area contributed by atoms with Crippen LogP contribution in [0.1, 0.15) is 6.42 Å². The van der Waals surface area contributed by atoms with E-state index >= 15 is 0 Å². The second-order valence-electron chi connectivity index (χ2n) is 3.42. The molecule has 2 rings (SSSR count). The highest BCUT2D eigenvalue weighted by Gasteiger charge is 2.10. The summed E-state index contributed by atoms with van der Waals surface area (Å²) in [6.45, 7) is -0.0527. The van der Waals surface area contributed by atoms with Gasteiger partial charge in [-0.25, -0.2) is 0 Å². The number of hydrogen-bond acceptors (Lipinski definition) is 4. The molecule has 1 atom stereocenters. The van der Waals surface area contributed by atoms with E-state index in [9.17, 15) is 0 Å². The molecule has 0 spiro atoms. The van der Waals surface area contributed by atoms with Gasteiger partial charge in [-0.05, 0) is 12.1 Å². The normalized spacial score (nSPS) is 12.2. The van der Waals surface area contributed by atoms with Crippen LogP contribution in [0.4, 0.5) is 6.01 Å². The van der Waals surface area contributed by atoms with E-state index in [1.807, 2.05) is 24.3 Å². The molecule has 0 aliphatic carbocycles. The summed E-state index contributed by atoms with van der Waals surface area (Å²) in [5.74, 6) is 2.48. The van der Waals surface area contributed by atoms with Crippen molar-refractivity contribution in [1.29, 1.82) is 0 Å². The number of aliphatic hydroxyl groups is 1. The molecule has 0 saturated carbocycles. The number of aliphatic hydroxyl groups excluding tert-OH is 1. The van der Waals surface area contributed by atoms with Gasteiger partial charge in [0.25, 0.3) is 6.01 Å². The Balaban J connectivity index is 2.18. The number of nitrogens with one attached hydrogen (secondary N) is 1. The number of terminal acetylenes is 1. The molecule has 1 heterocycles. The first kappa shape index (κ1) is 10.5. The highest BCUT2D eigenvalue weighted by atomic mass is 16.4. The number of para-hydroxylation sites is 2. The van der Waals surface area contributed by atoms with Gasteiger partial charge in [-0.15, -0.1) is 12.3 Å². The van der Waals surface area contributed by atoms with E-state index in [0.29, 0.717) is 18.0 Å². The van der Waals surface area contributed by atoms with Crippen LogP contribution in [0.2, 0.25) is 0 Å². The average molecular weight is 216 g/mol. The fourth-order valence-electron chi connectivity index (χ4n) is 1.41. The molecule has 4 nitrogen and oxygen atoms in total. The van der Waals surface area contributed by atoms with Crippen LogP contribution in [-0.2, 0) is 0 Å². The van der Waals surface area contributed by atoms with Gasteiger partial charge in [-0.2, -0.15) is 4.98 Å². The first-order chi connectivity index (χ1) is 7.83. The lowest BCUT2D eigenvalue weighted by Gasteiger charge is -2.10. The fraction of sp³-hybridized carbons (Fsp3) is 0.250. The van der Waals surface area contributed by atoms with Crippen LogP contribution in [0.3, 0.4) is 0 Å². The molecule has 1 aromatic heterocycles. The molecule has 0 amide bonds. The Morgan fingerprint density at radius 1 is 1.50 bits per heavy atom. The predicted molar refractivity (Wildman–Crippen MR) is 62.0 cm³/mol. The lowest BCUT2D eigenvalue weighted by Crippen LogP contribution is -2.23. The van der Waals surface area contributed by atoms with Gasteiger partial charge in [0.2, 0.25) is 0 Å². The largest absolute Gasteiger partial charge is 0.424 e. The number of fused-ring (bicyclic) bond motifs is 1. The van der Waals surface area contributed by atoms with Gasteiger partial charge in [-0.1, -0.05) is 12.1 Å². The maximum absolute atomic E-state index is 9.07. The van der Waals surface area contributed by atoms with Crippen molar-refractivity contribution in [2.75, 3.05) is 11.9 Å². The Morgan fingerprint density at radius 2 is 2.31 bits per heavy atom. The summed E-state index contributed by atoms with van der Waals surface area (Å²) in [4.78, 5) is 4.23. The van der Waals surface area contributed by atoms with Gasteiger partial charge in [0.1, 0.15) is 5.52 Å². The number of rotatable bonds is 4. The van der Waals surface area contributed by atoms with Crippen molar-refractivity contribution in [2.24, 2.45) is 0 Å². The minimum absolute atomic E-state index is 0.0527. The second kappa shape index (κ2) is 4.69. The summed E-state index contributed by atoms with van der Waals surface area (Å²) in [5, 5.41) is 12.0. The molecule has 2 aromatic rings. The zero-order valence-corrected chi connectivity index (χ0v) is 8.68. The Labute approximate surface area is 93.3 Å². The molecule has 2 N–H and O–H groups in total. The van der Waals surface area contributed by atoms with Gasteiger partial charge in [-0.3, -0.25) is 0 Å². The second-order valence-corrected chi connectivity index (χ2v) is 3.42. The van der Waals surface area contributed by atoms with E-state index in [0.717, 1.165) is 5.52 Å². The molecule has 0 unspecified atom stereocenters. The summed E-state index contributed by atoms with van der Waals surface area (Å²) in [6, 6.07) is 7.62. The molecule has 82 valence electrons. The lowest BCUT2D eigenvalue weighted by molar-refractivity contribution is 0.274. The number of oxazole rings is 1. The molecule has 0 aliphatic heterocycles. The maximum Gasteiger partial charge on any atom is 0.296 e. The minimum Gasteiger partial charge on any atom is -0.424 e. The van der Waals surface area contributed by atoms with Crippen LogP contribution < -0.4 is 5.32 Å². The summed E-state index contributed by atoms with van der Waals surface area (Å²) < 4.78 is 5.44. The predicted octanol–water partition coefficient (Wildman–Crippen LogP) is 1.62. The fourth-order valence-corrected chi connectivity index (χ4v) is 1.41. The molecule has 4 heteroatoms. The highest BCUT2D eigenvalue weighted by molar-refractivity contribution is 5.74. The third-order valence-corrected chi connectivity index (χ3v) is 2.21. The van der Waals surface area contributed by atoms with Gasteiger partial charge >= 0.3 is 0 Å². The van der Waals surface area contributed by atoms with Crippen LogP contribution in [-0.4, -0.2) is 22.7 Å². The minimum atomic E-state index is -0.224. The molecule has 0 bridgehead atoms. The van der Waals surface area contributed by atoms with Crippen LogP contribution >= 0.6 is 0 Å². The Kier molecular flexibility index (Phi) is 3.08. The van der Waals surface area contributed by atoms with E-state index in [-0.39, 0.29) is 12.6 Å². The zero-order chi connectivity index (χ0) is 11.4. The molecule has 0 saturated heterocycles. The number of hydrogen-bond donors (Lipinski definition) is 2. The average Bonchev–Trinajstić information content (AvgIpc) is 2.70. The quantitative estimate of drug-likeness (QED) is 0.762. The van der Waals surface area contributed by atoms with Crippen molar-refractivity contribution in [1.82, 2.24) is 4.98 Å². The first-order valence-electron chi connectivity index (χ1n) is 5.00. The number of nitrogens with zero attached hydrogens (tertiary/aromatic N) is 1. The Hall–Kier alpha value is -1.99. The third-order valence-electron chi connectivity index (χ3n) is 2.21. The van der Waals surface area contributed by atoms with Crippen LogP contribution in [0.15, 0.2) is 28.7 Å². The van der Waals surface area contributed by atoms with Crippen molar-refractivity contribution in [3.05, 3.63) is 24.3 Å². The molecule has 0 fully saturated rings. The summed E-state index contributed by atoms with van der Waals surface area (Å²) in [6.07, 6.45) is 5.61. The number of benzene rings is 1. The SMILES string of the molecule is C#CC[C@H](CO)Nc1nc2ccccc2o1. The highest BCUT2D eigenvalue weighted by Crippen LogP contribution is 2.18. The Morgan fingerprint density at radius 3 is 3.00 bits per heavy atom. The summed E-state index contributed by atoms with van der Waals surface area (Å²) >= 11 is 0. The van der Waals surface area contributed by atoms with E-state index in [1.54, 1.807) is 0 Å². The third kappa shape index (κ3) is 2.15. The monoisotopic (exact) mass is 216 g/mol. The van der Waals surface area contributed by atoms with Crippen molar-refractivity contribution in [3.8, 4) is 12.3 Å². The lowest BCUT2D eigenvalue weighted by atomic mass is 10.2. The smallest absolute Gasteiger partial charge is 0.296 e. The van der Waals surface area contributed by atoms with Gasteiger partial charge in [0.15, 0.2) is 5.58 Å². The molecular formula is C12H12N2O2. The van der Waals surface area contributed by atoms with Crippen LogP contribution in [0, 0.1) is 12.3 Å². The number of aromatic nitrogens is 1. The Bertz CT molecular complexity index is 480. The van der Waals surface area contributed by atoms with Crippen LogP contribution in [0.25, 0.3) is 11.1 Å². The first-order valence-corrected chi connectivity index (χ1v) is 5.00. The summed E-state index contributed by atoms with van der Waals surface area (Å²) in [5.41, 5.74) is 1.49. The summed E-state index contributed by atoms with van der Waals surface area (Å²) in [7, 11) is 0. The molecule has 0 aliphatic rings. The van der Waals surface area contributed by atoms with E-state index < -0.39 is 0 Å². The standard InChI is InChI=1S/C12H12N2O2/c1-2-5-9(8-15)13-12-14-10-6-3-4-7-11(10)16-12/h1,3-4,6-7,9,15H,5,8H2,(H,13,14)/t9-/m1/s1. The van der Waals surface area contributed by atoms with Gasteiger partial charge in [0.05, 0.1) is 12.6 Å². The molecular weight excluding hydrogens is 204 g/mol. The molecule has 1 aromatic carbocycles. The number of anilines is 1. The van der Waals surface area contributed by atoms with Crippen molar-refractivity contribution in [3.63, 3.8) is 0 Å². The van der Waals surface area contributed by atoms with E-state index in [4.69, 9.17) is 15.9 Å². The maximum atomic E-state index is 9.07. The van der Waals surface area contributed by atoms with Crippen molar-refractivity contribution in [2.45, 2.75) is 12.5 Å². The van der Waals surface area contributed by atoms with E-state index in [1.165, 1.54) is 0 Å². The van der Waals surface area contributed by atoms with Crippen LogP contribution in [0.5, 0.6) is 0 Å². The van der Waals surface area contributed by atoms with Crippen molar-refractivity contribution < 1.29 is 9.52 Å². The zero-order valence-electron chi connectivity index (χ0n) is 8.68. The molecule has 0 radical (unpaired) electrons. The van der Waals surface area contributed by atoms with Crippen molar-refractivity contribution >= 4 is 17.1 Å². The molecule has 16 heavy (non-hydrogen) atoms. The van der Waals surface area contributed by atoms with E-state index in [2.05, 4.69) is 16.2 Å². The topological polar surface area (TPSA) is 58.3 Å². The van der Waals surface area contributed by atoms with Gasteiger partial charge < -0.3 is 14.8 Å².